The fraction of sp³-hybridized carbons (Fsp3) is 0.762. The zero-order valence-corrected chi connectivity index (χ0v) is 32.3. The first kappa shape index (κ1) is 47.7. The highest BCUT2D eigenvalue weighted by Gasteiger charge is 2.44. The van der Waals surface area contributed by atoms with Crippen LogP contribution >= 0.6 is 0 Å². The lowest BCUT2D eigenvalue weighted by Crippen LogP contribution is -2.59. The number of carbonyl (C=O) groups is 2. The first-order valence-corrected chi connectivity index (χ1v) is 20.2. The Morgan fingerprint density at radius 2 is 1.15 bits per heavy atom. The molecule has 10 nitrogen and oxygen atoms in total. The maximum absolute atomic E-state index is 12.7. The van der Waals surface area contributed by atoms with Gasteiger partial charge in [-0.1, -0.05) is 127 Å². The molecule has 0 aromatic rings. The lowest BCUT2D eigenvalue weighted by atomic mass is 9.99. The topological polar surface area (TPSA) is 152 Å². The van der Waals surface area contributed by atoms with E-state index in [0.717, 1.165) is 64.2 Å². The van der Waals surface area contributed by atoms with Crippen LogP contribution in [0.1, 0.15) is 149 Å². The Morgan fingerprint density at radius 1 is 0.615 bits per heavy atom. The number of allylic oxidation sites excluding steroid dienone is 8. The van der Waals surface area contributed by atoms with E-state index in [9.17, 15) is 30.0 Å². The van der Waals surface area contributed by atoms with E-state index >= 15 is 0 Å². The van der Waals surface area contributed by atoms with Crippen molar-refractivity contribution in [2.24, 2.45) is 0 Å². The van der Waals surface area contributed by atoms with Gasteiger partial charge < -0.3 is 39.4 Å². The number of aliphatic hydroxyl groups excluding tert-OH is 4. The monoisotopic (exact) mass is 737 g/mol. The number of hydrogen-bond acceptors (Lipinski definition) is 10. The van der Waals surface area contributed by atoms with Crippen molar-refractivity contribution in [1.82, 2.24) is 0 Å². The Kier molecular flexibility index (Phi) is 30.5. The summed E-state index contributed by atoms with van der Waals surface area (Å²) in [6.07, 6.45) is 29.8. The number of hydrogen-bond donors (Lipinski definition) is 4. The average Bonchev–Trinajstić information content (AvgIpc) is 3.14. The molecule has 0 aromatic carbocycles. The van der Waals surface area contributed by atoms with Gasteiger partial charge in [-0.25, -0.2) is 0 Å². The maximum Gasteiger partial charge on any atom is 0.306 e. The first-order valence-electron chi connectivity index (χ1n) is 20.2. The smallest absolute Gasteiger partial charge is 0.306 e. The van der Waals surface area contributed by atoms with Gasteiger partial charge in [0.05, 0.1) is 13.2 Å². The van der Waals surface area contributed by atoms with Crippen LogP contribution in [0.4, 0.5) is 0 Å². The molecule has 3 unspecified atom stereocenters. The Bertz CT molecular complexity index is 991. The van der Waals surface area contributed by atoms with E-state index in [4.69, 9.17) is 18.9 Å². The van der Waals surface area contributed by atoms with Crippen LogP contribution in [-0.4, -0.2) is 89.0 Å². The molecule has 1 heterocycles. The van der Waals surface area contributed by atoms with Crippen molar-refractivity contribution in [1.29, 1.82) is 0 Å². The van der Waals surface area contributed by atoms with Gasteiger partial charge in [0.25, 0.3) is 0 Å². The minimum Gasteiger partial charge on any atom is -0.462 e. The third kappa shape index (κ3) is 24.8. The molecule has 52 heavy (non-hydrogen) atoms. The Hall–Kier alpha value is -2.34. The molecule has 300 valence electrons. The van der Waals surface area contributed by atoms with Crippen LogP contribution in [-0.2, 0) is 28.5 Å². The summed E-state index contributed by atoms with van der Waals surface area (Å²) in [4.78, 5) is 25.2. The minimum atomic E-state index is -1.60. The van der Waals surface area contributed by atoms with E-state index in [1.54, 1.807) is 0 Å². The lowest BCUT2D eigenvalue weighted by Gasteiger charge is -2.39. The highest BCUT2D eigenvalue weighted by atomic mass is 16.7. The largest absolute Gasteiger partial charge is 0.462 e. The van der Waals surface area contributed by atoms with Gasteiger partial charge in [-0.05, 0) is 57.8 Å². The second-order valence-electron chi connectivity index (χ2n) is 13.8. The highest BCUT2D eigenvalue weighted by molar-refractivity contribution is 5.70. The van der Waals surface area contributed by atoms with Crippen molar-refractivity contribution in [3.8, 4) is 0 Å². The molecule has 0 spiro atoms. The fourth-order valence-electron chi connectivity index (χ4n) is 5.77. The summed E-state index contributed by atoms with van der Waals surface area (Å²) in [6.45, 7) is 3.22. The third-order valence-corrected chi connectivity index (χ3v) is 9.01. The number of carbonyl (C=O) groups excluding carboxylic acids is 2. The molecule has 0 aromatic heterocycles. The van der Waals surface area contributed by atoms with Gasteiger partial charge in [0.15, 0.2) is 12.4 Å². The summed E-state index contributed by atoms with van der Waals surface area (Å²) in [5.74, 6) is -0.854. The van der Waals surface area contributed by atoms with Gasteiger partial charge in [0, 0.05) is 12.8 Å². The SMILES string of the molecule is CC/C=C/C=C/C=C/CCCCCCCC(=O)OC(COC(=O)CCCCC/C=C/CCCCCCCCC)CO[C@H]1O[C@@H](CO)[C@@H](O)C(O)C1O. The maximum atomic E-state index is 12.7. The zero-order chi connectivity index (χ0) is 38.1. The number of unbranched alkanes of at least 4 members (excludes halogenated alkanes) is 15. The molecule has 0 saturated carbocycles. The molecule has 1 rings (SSSR count). The second kappa shape index (κ2) is 33.2. The van der Waals surface area contributed by atoms with E-state index < -0.39 is 55.4 Å². The van der Waals surface area contributed by atoms with Gasteiger partial charge in [0.2, 0.25) is 0 Å². The predicted molar refractivity (Wildman–Crippen MR) is 205 cm³/mol. The van der Waals surface area contributed by atoms with Crippen molar-refractivity contribution >= 4 is 11.9 Å². The molecule has 6 atom stereocenters. The summed E-state index contributed by atoms with van der Waals surface area (Å²) in [5.41, 5.74) is 0. The molecule has 1 aliphatic rings. The average molecular weight is 737 g/mol. The van der Waals surface area contributed by atoms with Gasteiger partial charge in [-0.3, -0.25) is 9.59 Å². The first-order chi connectivity index (χ1) is 25.3. The summed E-state index contributed by atoms with van der Waals surface area (Å²) in [5, 5.41) is 39.9. The van der Waals surface area contributed by atoms with Crippen molar-refractivity contribution in [2.45, 2.75) is 185 Å². The number of ether oxygens (including phenoxy) is 4. The fourth-order valence-corrected chi connectivity index (χ4v) is 5.77. The zero-order valence-electron chi connectivity index (χ0n) is 32.3. The van der Waals surface area contributed by atoms with Crippen LogP contribution in [0.25, 0.3) is 0 Å². The van der Waals surface area contributed by atoms with Crippen LogP contribution in [0.15, 0.2) is 48.6 Å². The molecule has 0 aliphatic carbocycles. The van der Waals surface area contributed by atoms with Crippen LogP contribution in [0, 0.1) is 0 Å². The molecule has 1 fully saturated rings. The predicted octanol–water partition coefficient (Wildman–Crippen LogP) is 7.71. The molecular formula is C42H72O10. The number of rotatable bonds is 32. The normalized spacial score (nSPS) is 21.5. The summed E-state index contributed by atoms with van der Waals surface area (Å²) in [6, 6.07) is 0. The Morgan fingerprint density at radius 3 is 1.77 bits per heavy atom. The van der Waals surface area contributed by atoms with Crippen LogP contribution in [0.2, 0.25) is 0 Å². The van der Waals surface area contributed by atoms with Crippen molar-refractivity contribution < 1.29 is 49.0 Å². The molecule has 1 saturated heterocycles. The van der Waals surface area contributed by atoms with E-state index in [0.29, 0.717) is 12.8 Å². The standard InChI is InChI=1S/C42H72O10/c1-3-5-7-9-11-13-15-17-19-20-22-24-26-28-30-37(44)49-33-35(34-50-42-41(48)40(47)39(46)36(32-43)52-42)51-38(45)31-29-27-25-23-21-18-16-14-12-10-8-6-4-2/h6,8,10,12,14,16,19-20,35-36,39-43,46-48H,3-5,7,9,11,13,15,17-18,21-34H2,1-2H3/b8-6+,12-10+,16-14+,20-19+/t35?,36-,39+,40?,41?,42-/m0/s1. The molecule has 1 aliphatic heterocycles. The van der Waals surface area contributed by atoms with Crippen molar-refractivity contribution in [2.75, 3.05) is 19.8 Å². The van der Waals surface area contributed by atoms with E-state index in [2.05, 4.69) is 44.2 Å². The number of esters is 2. The summed E-state index contributed by atoms with van der Waals surface area (Å²) >= 11 is 0. The Balaban J connectivity index is 2.41. The molecule has 0 amide bonds. The lowest BCUT2D eigenvalue weighted by molar-refractivity contribution is -0.305. The van der Waals surface area contributed by atoms with E-state index in [-0.39, 0.29) is 26.1 Å². The van der Waals surface area contributed by atoms with Crippen LogP contribution < -0.4 is 0 Å². The van der Waals surface area contributed by atoms with Gasteiger partial charge in [-0.15, -0.1) is 0 Å². The molecule has 0 radical (unpaired) electrons. The van der Waals surface area contributed by atoms with E-state index in [1.807, 2.05) is 18.2 Å². The minimum absolute atomic E-state index is 0.202. The molecular weight excluding hydrogens is 664 g/mol. The van der Waals surface area contributed by atoms with Gasteiger partial charge in [-0.2, -0.15) is 0 Å². The highest BCUT2D eigenvalue weighted by Crippen LogP contribution is 2.22. The molecule has 0 bridgehead atoms. The Labute approximate surface area is 314 Å². The molecule has 10 heteroatoms. The second-order valence-corrected chi connectivity index (χ2v) is 13.8. The van der Waals surface area contributed by atoms with Crippen LogP contribution in [0.5, 0.6) is 0 Å². The van der Waals surface area contributed by atoms with Crippen LogP contribution in [0.3, 0.4) is 0 Å². The summed E-state index contributed by atoms with van der Waals surface area (Å²) < 4.78 is 22.0. The van der Waals surface area contributed by atoms with Gasteiger partial charge in [0.1, 0.15) is 31.0 Å². The van der Waals surface area contributed by atoms with Crippen molar-refractivity contribution in [3.63, 3.8) is 0 Å². The number of aliphatic hydroxyl groups is 4. The summed E-state index contributed by atoms with van der Waals surface area (Å²) in [7, 11) is 0. The third-order valence-electron chi connectivity index (χ3n) is 9.01. The van der Waals surface area contributed by atoms with E-state index in [1.165, 1.54) is 44.9 Å². The van der Waals surface area contributed by atoms with Gasteiger partial charge >= 0.3 is 11.9 Å². The quantitative estimate of drug-likeness (QED) is 0.0234. The van der Waals surface area contributed by atoms with Crippen molar-refractivity contribution in [3.05, 3.63) is 48.6 Å². The molecule has 4 N–H and O–H groups in total.